The minimum absolute atomic E-state index is 0.00368. The smallest absolute Gasteiger partial charge is 0.344 e. The van der Waals surface area contributed by atoms with Crippen molar-refractivity contribution in [3.8, 4) is 11.5 Å². The van der Waals surface area contributed by atoms with Gasteiger partial charge in [0.05, 0.1) is 14.2 Å². The van der Waals surface area contributed by atoms with E-state index >= 15 is 0 Å². The molecule has 24 heavy (non-hydrogen) atoms. The van der Waals surface area contributed by atoms with Gasteiger partial charge in [-0.1, -0.05) is 0 Å². The van der Waals surface area contributed by atoms with E-state index in [0.29, 0.717) is 28.2 Å². The number of Topliss-reactive ketones (excluding diaryl/α,β-unsaturated/α-hetero) is 1. The molecule has 6 nitrogen and oxygen atoms in total. The minimum Gasteiger partial charge on any atom is -0.493 e. The van der Waals surface area contributed by atoms with E-state index in [9.17, 15) is 9.59 Å². The maximum atomic E-state index is 12.2. The summed E-state index contributed by atoms with van der Waals surface area (Å²) in [6.45, 7) is 1.51. The highest BCUT2D eigenvalue weighted by molar-refractivity contribution is 5.98. The summed E-state index contributed by atoms with van der Waals surface area (Å²) < 4.78 is 15.9. The number of esters is 1. The number of carbonyl (C=O) groups excluding carboxylic acids is 2. The lowest BCUT2D eigenvalue weighted by molar-refractivity contribution is 0.0435. The molecule has 0 bridgehead atoms. The Morgan fingerprint density at radius 3 is 2.38 bits per heavy atom. The average Bonchev–Trinajstić information content (AvgIpc) is 2.90. The summed E-state index contributed by atoms with van der Waals surface area (Å²) in [6, 6.07) is 10.5. The third-order valence-corrected chi connectivity index (χ3v) is 3.88. The quantitative estimate of drug-likeness (QED) is 0.671. The number of fused-ring (bicyclic) bond motifs is 1. The maximum Gasteiger partial charge on any atom is 0.344 e. The highest BCUT2D eigenvalue weighted by Crippen LogP contribution is 2.41. The number of anilines is 1. The van der Waals surface area contributed by atoms with Crippen LogP contribution < -0.4 is 14.8 Å². The van der Waals surface area contributed by atoms with Gasteiger partial charge in [-0.3, -0.25) is 4.79 Å². The van der Waals surface area contributed by atoms with Crippen molar-refractivity contribution in [3.63, 3.8) is 0 Å². The normalized spacial score (nSPS) is 15.5. The van der Waals surface area contributed by atoms with E-state index in [1.54, 1.807) is 36.4 Å². The summed E-state index contributed by atoms with van der Waals surface area (Å²) in [7, 11) is 2.99. The molecule has 1 aliphatic heterocycles. The Balaban J connectivity index is 1.91. The van der Waals surface area contributed by atoms with Gasteiger partial charge < -0.3 is 19.5 Å². The molecule has 0 amide bonds. The number of ketones is 1. The Morgan fingerprint density at radius 1 is 1.08 bits per heavy atom. The van der Waals surface area contributed by atoms with Gasteiger partial charge in [-0.2, -0.15) is 0 Å². The molecule has 1 aliphatic rings. The number of methoxy groups -OCH3 is 2. The number of nitrogens with one attached hydrogen (secondary N) is 1. The molecule has 1 N–H and O–H groups in total. The minimum atomic E-state index is -0.629. The Labute approximate surface area is 139 Å². The summed E-state index contributed by atoms with van der Waals surface area (Å²) in [6.07, 6.45) is -0.629. The van der Waals surface area contributed by atoms with Gasteiger partial charge in [0.15, 0.2) is 17.3 Å². The molecule has 2 aromatic carbocycles. The first-order valence-corrected chi connectivity index (χ1v) is 7.38. The van der Waals surface area contributed by atoms with Crippen LogP contribution in [0.15, 0.2) is 36.4 Å². The molecule has 3 rings (SSSR count). The molecule has 0 aromatic heterocycles. The van der Waals surface area contributed by atoms with E-state index in [-0.39, 0.29) is 5.78 Å². The van der Waals surface area contributed by atoms with Crippen LogP contribution in [0.2, 0.25) is 0 Å². The topological polar surface area (TPSA) is 73.9 Å². The Morgan fingerprint density at radius 2 is 1.79 bits per heavy atom. The standard InChI is InChI=1S/C18H17NO5/c1-10(20)11-4-6-12(7-5-11)19-17-13-8-9-14(22-2)16(23-3)15(13)18(21)24-17/h4-9,17,19H,1-3H3/t17-/m0/s1. The van der Waals surface area contributed by atoms with Gasteiger partial charge >= 0.3 is 5.97 Å². The SMILES string of the molecule is COc1ccc2c(c1OC)C(=O)O[C@@H]2Nc1ccc(C(C)=O)cc1. The molecule has 0 radical (unpaired) electrons. The van der Waals surface area contributed by atoms with Gasteiger partial charge in [-0.15, -0.1) is 0 Å². The van der Waals surface area contributed by atoms with Crippen LogP contribution in [0.5, 0.6) is 11.5 Å². The third-order valence-electron chi connectivity index (χ3n) is 3.88. The Hall–Kier alpha value is -3.02. The first-order valence-electron chi connectivity index (χ1n) is 7.38. The second kappa shape index (κ2) is 6.23. The van der Waals surface area contributed by atoms with Gasteiger partial charge in [0, 0.05) is 16.8 Å². The highest BCUT2D eigenvalue weighted by atomic mass is 16.6. The molecule has 6 heteroatoms. The first-order chi connectivity index (χ1) is 11.5. The molecule has 1 atom stereocenters. The highest BCUT2D eigenvalue weighted by Gasteiger charge is 2.35. The maximum absolute atomic E-state index is 12.2. The van der Waals surface area contributed by atoms with Gasteiger partial charge in [0.25, 0.3) is 0 Å². The van der Waals surface area contributed by atoms with Crippen LogP contribution in [0.25, 0.3) is 0 Å². The van der Waals surface area contributed by atoms with E-state index in [4.69, 9.17) is 14.2 Å². The van der Waals surface area contributed by atoms with Gasteiger partial charge in [-0.05, 0) is 43.3 Å². The van der Waals surface area contributed by atoms with Crippen molar-refractivity contribution in [3.05, 3.63) is 53.1 Å². The number of rotatable bonds is 5. The lowest BCUT2D eigenvalue weighted by atomic mass is 10.1. The fourth-order valence-corrected chi connectivity index (χ4v) is 2.66. The summed E-state index contributed by atoms with van der Waals surface area (Å²) in [5, 5.41) is 3.13. The molecule has 0 saturated carbocycles. The second-order valence-corrected chi connectivity index (χ2v) is 5.33. The zero-order valence-electron chi connectivity index (χ0n) is 13.6. The van der Waals surface area contributed by atoms with Gasteiger partial charge in [0.1, 0.15) is 5.56 Å². The number of hydrogen-bond acceptors (Lipinski definition) is 6. The second-order valence-electron chi connectivity index (χ2n) is 5.33. The van der Waals surface area contributed by atoms with Crippen LogP contribution in [0.1, 0.15) is 39.4 Å². The van der Waals surface area contributed by atoms with Gasteiger partial charge in [0.2, 0.25) is 6.23 Å². The molecule has 0 aliphatic carbocycles. The zero-order valence-corrected chi connectivity index (χ0v) is 13.6. The predicted octanol–water partition coefficient (Wildman–Crippen LogP) is 3.19. The van der Waals surface area contributed by atoms with E-state index < -0.39 is 12.2 Å². The fourth-order valence-electron chi connectivity index (χ4n) is 2.66. The van der Waals surface area contributed by atoms with Crippen LogP contribution in [-0.4, -0.2) is 26.0 Å². The number of carbonyl (C=O) groups is 2. The molecule has 0 spiro atoms. The van der Waals surface area contributed by atoms with E-state index in [2.05, 4.69) is 5.32 Å². The average molecular weight is 327 g/mol. The number of cyclic esters (lactones) is 1. The van der Waals surface area contributed by atoms with Crippen LogP contribution in [0.4, 0.5) is 5.69 Å². The van der Waals surface area contributed by atoms with Crippen LogP contribution >= 0.6 is 0 Å². The number of benzene rings is 2. The van der Waals surface area contributed by atoms with E-state index in [0.717, 1.165) is 5.69 Å². The van der Waals surface area contributed by atoms with Crippen molar-refractivity contribution in [2.24, 2.45) is 0 Å². The molecule has 0 fully saturated rings. The van der Waals surface area contributed by atoms with E-state index in [1.807, 2.05) is 0 Å². The van der Waals surface area contributed by atoms with Crippen LogP contribution in [0, 0.1) is 0 Å². The molecule has 124 valence electrons. The van der Waals surface area contributed by atoms with Crippen molar-refractivity contribution in [2.45, 2.75) is 13.2 Å². The number of hydrogen-bond donors (Lipinski definition) is 1. The summed E-state index contributed by atoms with van der Waals surface area (Å²) >= 11 is 0. The zero-order chi connectivity index (χ0) is 17.3. The summed E-state index contributed by atoms with van der Waals surface area (Å²) in [4.78, 5) is 23.5. The van der Waals surface area contributed by atoms with Crippen LogP contribution in [0.3, 0.4) is 0 Å². The molecule has 2 aromatic rings. The van der Waals surface area contributed by atoms with Crippen molar-refractivity contribution < 1.29 is 23.8 Å². The summed E-state index contributed by atoms with van der Waals surface area (Å²) in [5.74, 6) is 0.352. The monoisotopic (exact) mass is 327 g/mol. The summed E-state index contributed by atoms with van der Waals surface area (Å²) in [5.41, 5.74) is 2.39. The fraction of sp³-hybridized carbons (Fsp3) is 0.222. The lowest BCUT2D eigenvalue weighted by Gasteiger charge is -2.15. The van der Waals surface area contributed by atoms with Crippen LogP contribution in [-0.2, 0) is 4.74 Å². The third kappa shape index (κ3) is 2.67. The Kier molecular flexibility index (Phi) is 4.12. The van der Waals surface area contributed by atoms with E-state index in [1.165, 1.54) is 21.1 Å². The Bertz CT molecular complexity index is 798. The predicted molar refractivity (Wildman–Crippen MR) is 87.8 cm³/mol. The number of ether oxygens (including phenoxy) is 3. The first kappa shape index (κ1) is 15.9. The van der Waals surface area contributed by atoms with Crippen molar-refractivity contribution in [2.75, 3.05) is 19.5 Å². The molecule has 1 heterocycles. The molecule has 0 saturated heterocycles. The van der Waals surface area contributed by atoms with Crippen molar-refractivity contribution >= 4 is 17.4 Å². The lowest BCUT2D eigenvalue weighted by Crippen LogP contribution is -2.10. The molecular formula is C18H17NO5. The van der Waals surface area contributed by atoms with Gasteiger partial charge in [-0.25, -0.2) is 4.79 Å². The molecular weight excluding hydrogens is 310 g/mol. The van der Waals surface area contributed by atoms with Crippen molar-refractivity contribution in [1.29, 1.82) is 0 Å². The largest absolute Gasteiger partial charge is 0.493 e. The van der Waals surface area contributed by atoms with Crippen molar-refractivity contribution in [1.82, 2.24) is 0 Å². The molecule has 0 unspecified atom stereocenters.